The van der Waals surface area contributed by atoms with Crippen LogP contribution in [0, 0.1) is 19.8 Å². The van der Waals surface area contributed by atoms with Crippen molar-refractivity contribution >= 4 is 11.9 Å². The van der Waals surface area contributed by atoms with Crippen LogP contribution in [0.4, 0.5) is 0 Å². The molecule has 1 aliphatic rings. The van der Waals surface area contributed by atoms with Gasteiger partial charge in [-0.3, -0.25) is 9.59 Å². The number of aryl methyl sites for hydroxylation is 2. The maximum absolute atomic E-state index is 12.0. The highest BCUT2D eigenvalue weighted by Gasteiger charge is 2.30. The quantitative estimate of drug-likeness (QED) is 0.885. The molecular formula is C16H21NO3. The highest BCUT2D eigenvalue weighted by molar-refractivity contribution is 5.79. The van der Waals surface area contributed by atoms with Gasteiger partial charge in [0.1, 0.15) is 0 Å². The fraction of sp³-hybridized carbons (Fsp3) is 0.500. The fourth-order valence-corrected chi connectivity index (χ4v) is 2.78. The van der Waals surface area contributed by atoms with Crippen molar-refractivity contribution in [2.24, 2.45) is 5.92 Å². The van der Waals surface area contributed by atoms with Crippen molar-refractivity contribution in [3.63, 3.8) is 0 Å². The Bertz CT molecular complexity index is 524. The molecule has 1 aromatic rings. The summed E-state index contributed by atoms with van der Waals surface area (Å²) in [6.07, 6.45) is 2.33. The number of carboxylic acids is 1. The summed E-state index contributed by atoms with van der Waals surface area (Å²) in [5, 5.41) is 11.9. The van der Waals surface area contributed by atoms with Crippen molar-refractivity contribution in [3.8, 4) is 0 Å². The van der Waals surface area contributed by atoms with E-state index in [-0.39, 0.29) is 17.9 Å². The molecule has 0 heterocycles. The van der Waals surface area contributed by atoms with Gasteiger partial charge < -0.3 is 10.4 Å². The van der Waals surface area contributed by atoms with Crippen molar-refractivity contribution in [1.29, 1.82) is 0 Å². The van der Waals surface area contributed by atoms with Crippen LogP contribution >= 0.6 is 0 Å². The van der Waals surface area contributed by atoms with Crippen molar-refractivity contribution in [2.45, 2.75) is 45.6 Å². The number of hydrogen-bond donors (Lipinski definition) is 2. The molecule has 1 aromatic carbocycles. The normalized spacial score (nSPS) is 21.7. The van der Waals surface area contributed by atoms with Gasteiger partial charge in [-0.25, -0.2) is 0 Å². The molecule has 0 spiro atoms. The molecule has 1 aliphatic carbocycles. The first-order valence-electron chi connectivity index (χ1n) is 7.04. The first-order valence-corrected chi connectivity index (χ1v) is 7.04. The Morgan fingerprint density at radius 3 is 2.70 bits per heavy atom. The summed E-state index contributed by atoms with van der Waals surface area (Å²) in [5.74, 6) is -1.08. The Balaban J connectivity index is 1.90. The lowest BCUT2D eigenvalue weighted by atomic mass is 10.0. The van der Waals surface area contributed by atoms with Crippen LogP contribution in [0.15, 0.2) is 18.2 Å². The maximum Gasteiger partial charge on any atom is 0.306 e. The molecule has 1 fully saturated rings. The average Bonchev–Trinajstić information content (AvgIpc) is 2.82. The molecule has 1 saturated carbocycles. The average molecular weight is 275 g/mol. The van der Waals surface area contributed by atoms with Gasteiger partial charge in [0.2, 0.25) is 5.91 Å². The van der Waals surface area contributed by atoms with E-state index in [1.165, 1.54) is 0 Å². The summed E-state index contributed by atoms with van der Waals surface area (Å²) in [6.45, 7) is 4.01. The Morgan fingerprint density at radius 2 is 2.05 bits per heavy atom. The van der Waals surface area contributed by atoms with E-state index in [1.54, 1.807) is 0 Å². The van der Waals surface area contributed by atoms with Gasteiger partial charge in [-0.1, -0.05) is 23.8 Å². The zero-order chi connectivity index (χ0) is 14.7. The molecule has 0 aliphatic heterocycles. The minimum Gasteiger partial charge on any atom is -0.481 e. The minimum absolute atomic E-state index is 0.00807. The third-order valence-electron chi connectivity index (χ3n) is 4.00. The third-order valence-corrected chi connectivity index (χ3v) is 4.00. The number of carbonyl (C=O) groups is 2. The second-order valence-corrected chi connectivity index (χ2v) is 5.72. The van der Waals surface area contributed by atoms with Gasteiger partial charge in [0.25, 0.3) is 0 Å². The zero-order valence-electron chi connectivity index (χ0n) is 12.0. The summed E-state index contributed by atoms with van der Waals surface area (Å²) in [7, 11) is 0. The largest absolute Gasteiger partial charge is 0.481 e. The maximum atomic E-state index is 12.0. The number of benzene rings is 1. The molecule has 1 amide bonds. The lowest BCUT2D eigenvalue weighted by Gasteiger charge is -2.13. The zero-order valence-corrected chi connectivity index (χ0v) is 12.0. The predicted octanol–water partition coefficient (Wildman–Crippen LogP) is 2.22. The molecule has 0 aromatic heterocycles. The van der Waals surface area contributed by atoms with Crippen molar-refractivity contribution in [2.75, 3.05) is 0 Å². The summed E-state index contributed by atoms with van der Waals surface area (Å²) in [6, 6.07) is 6.09. The van der Waals surface area contributed by atoms with E-state index in [2.05, 4.69) is 5.32 Å². The lowest BCUT2D eigenvalue weighted by molar-refractivity contribution is -0.141. The van der Waals surface area contributed by atoms with Gasteiger partial charge in [-0.15, -0.1) is 0 Å². The Hall–Kier alpha value is -1.84. The van der Waals surface area contributed by atoms with Crippen LogP contribution in [0.3, 0.4) is 0 Å². The molecule has 0 unspecified atom stereocenters. The summed E-state index contributed by atoms with van der Waals surface area (Å²) in [5.41, 5.74) is 3.29. The van der Waals surface area contributed by atoms with Crippen LogP contribution in [-0.2, 0) is 16.0 Å². The standard InChI is InChI=1S/C16H21NO3/c1-10-3-4-11(2)13(7-10)9-15(18)17-14-6-5-12(8-14)16(19)20/h3-4,7,12,14H,5-6,8-9H2,1-2H3,(H,17,18)(H,19,20)/t12-,14-/m0/s1. The number of amides is 1. The predicted molar refractivity (Wildman–Crippen MR) is 76.5 cm³/mol. The Morgan fingerprint density at radius 1 is 1.30 bits per heavy atom. The van der Waals surface area contributed by atoms with Crippen molar-refractivity contribution in [1.82, 2.24) is 5.32 Å². The summed E-state index contributed by atoms with van der Waals surface area (Å²) >= 11 is 0. The van der Waals surface area contributed by atoms with Crippen LogP contribution in [0.1, 0.15) is 36.0 Å². The lowest BCUT2D eigenvalue weighted by Crippen LogP contribution is -2.34. The molecule has 108 valence electrons. The second kappa shape index (κ2) is 6.07. The molecular weight excluding hydrogens is 254 g/mol. The smallest absolute Gasteiger partial charge is 0.306 e. The van der Waals surface area contributed by atoms with Crippen LogP contribution < -0.4 is 5.32 Å². The van der Waals surface area contributed by atoms with Gasteiger partial charge in [-0.05, 0) is 44.2 Å². The Kier molecular flexibility index (Phi) is 4.42. The highest BCUT2D eigenvalue weighted by atomic mass is 16.4. The second-order valence-electron chi connectivity index (χ2n) is 5.72. The van der Waals surface area contributed by atoms with E-state index in [4.69, 9.17) is 5.11 Å². The van der Waals surface area contributed by atoms with E-state index in [0.29, 0.717) is 19.3 Å². The molecule has 0 radical (unpaired) electrons. The molecule has 4 nitrogen and oxygen atoms in total. The monoisotopic (exact) mass is 275 g/mol. The molecule has 2 atom stereocenters. The van der Waals surface area contributed by atoms with Gasteiger partial charge >= 0.3 is 5.97 Å². The number of aliphatic carboxylic acids is 1. The van der Waals surface area contributed by atoms with Crippen LogP contribution in [0.2, 0.25) is 0 Å². The van der Waals surface area contributed by atoms with Gasteiger partial charge in [0, 0.05) is 6.04 Å². The fourth-order valence-electron chi connectivity index (χ4n) is 2.78. The molecule has 4 heteroatoms. The Labute approximate surface area is 119 Å². The molecule has 20 heavy (non-hydrogen) atoms. The van der Waals surface area contributed by atoms with E-state index in [1.807, 2.05) is 32.0 Å². The number of nitrogens with one attached hydrogen (secondary N) is 1. The first-order chi connectivity index (χ1) is 9.45. The van der Waals surface area contributed by atoms with E-state index < -0.39 is 5.97 Å². The molecule has 2 rings (SSSR count). The SMILES string of the molecule is Cc1ccc(C)c(CC(=O)N[C@H]2CC[C@H](C(=O)O)C2)c1. The van der Waals surface area contributed by atoms with E-state index in [0.717, 1.165) is 23.1 Å². The van der Waals surface area contributed by atoms with Crippen LogP contribution in [0.5, 0.6) is 0 Å². The van der Waals surface area contributed by atoms with Crippen LogP contribution in [0.25, 0.3) is 0 Å². The molecule has 0 saturated heterocycles. The van der Waals surface area contributed by atoms with Crippen molar-refractivity contribution in [3.05, 3.63) is 34.9 Å². The van der Waals surface area contributed by atoms with Crippen LogP contribution in [-0.4, -0.2) is 23.0 Å². The van der Waals surface area contributed by atoms with Gasteiger partial charge in [-0.2, -0.15) is 0 Å². The highest BCUT2D eigenvalue weighted by Crippen LogP contribution is 2.25. The number of carbonyl (C=O) groups excluding carboxylic acids is 1. The van der Waals surface area contributed by atoms with Crippen molar-refractivity contribution < 1.29 is 14.7 Å². The van der Waals surface area contributed by atoms with E-state index in [9.17, 15) is 9.59 Å². The number of rotatable bonds is 4. The number of hydrogen-bond acceptors (Lipinski definition) is 2. The van der Waals surface area contributed by atoms with Gasteiger partial charge in [0.05, 0.1) is 12.3 Å². The first kappa shape index (κ1) is 14.6. The third kappa shape index (κ3) is 3.59. The molecule has 0 bridgehead atoms. The minimum atomic E-state index is -0.753. The van der Waals surface area contributed by atoms with E-state index >= 15 is 0 Å². The van der Waals surface area contributed by atoms with Gasteiger partial charge in [0.15, 0.2) is 0 Å². The topological polar surface area (TPSA) is 66.4 Å². The molecule has 2 N–H and O–H groups in total. The summed E-state index contributed by atoms with van der Waals surface area (Å²) < 4.78 is 0. The number of carboxylic acid groups (broad SMARTS) is 1. The summed E-state index contributed by atoms with van der Waals surface area (Å²) in [4.78, 5) is 22.9.